The highest BCUT2D eigenvalue weighted by atomic mass is 16.6. The zero-order chi connectivity index (χ0) is 36.8. The first-order valence-electron chi connectivity index (χ1n) is 16.0. The average Bonchev–Trinajstić information content (AvgIpc) is 3.73. The first kappa shape index (κ1) is 40.1. The lowest BCUT2D eigenvalue weighted by atomic mass is 10.1. The lowest BCUT2D eigenvalue weighted by molar-refractivity contribution is -0.385. The van der Waals surface area contributed by atoms with Crippen LogP contribution in [0.4, 0.5) is 17.1 Å². The summed E-state index contributed by atoms with van der Waals surface area (Å²) in [5.74, 6) is -0.576. The van der Waals surface area contributed by atoms with Gasteiger partial charge in [-0.1, -0.05) is 13.8 Å². The molecule has 0 bridgehead atoms. The Morgan fingerprint density at radius 1 is 0.735 bits per heavy atom. The SMILES string of the molecule is CC(C)CCn1cc([N+](=O)[O-])cc1C(=O)Nc1cc(C(=O)NCCCN(C)C)n(C)c1.CN(C)CCCNC(=O)c1cc([N+](=O)[O-])cn1C. The van der Waals surface area contributed by atoms with Gasteiger partial charge in [-0.15, -0.1) is 0 Å². The van der Waals surface area contributed by atoms with Gasteiger partial charge in [0.25, 0.3) is 29.1 Å². The predicted octanol–water partition coefficient (Wildman–Crippen LogP) is 3.33. The number of carbonyl (C=O) groups excluding carboxylic acids is 3. The molecule has 0 fully saturated rings. The fourth-order valence-electron chi connectivity index (χ4n) is 4.67. The van der Waals surface area contributed by atoms with Crippen LogP contribution >= 0.6 is 0 Å². The van der Waals surface area contributed by atoms with E-state index in [1.165, 1.54) is 29.1 Å². The number of nitro groups is 2. The molecule has 3 aromatic heterocycles. The fourth-order valence-corrected chi connectivity index (χ4v) is 4.67. The number of aromatic nitrogens is 3. The third-order valence-electron chi connectivity index (χ3n) is 7.34. The van der Waals surface area contributed by atoms with Crippen LogP contribution in [0.15, 0.2) is 36.8 Å². The van der Waals surface area contributed by atoms with Crippen LogP contribution in [0.2, 0.25) is 0 Å². The van der Waals surface area contributed by atoms with E-state index >= 15 is 0 Å². The maximum Gasteiger partial charge on any atom is 0.287 e. The predicted molar refractivity (Wildman–Crippen MR) is 187 cm³/mol. The Bertz CT molecular complexity index is 1590. The van der Waals surface area contributed by atoms with E-state index in [-0.39, 0.29) is 28.9 Å². The minimum Gasteiger partial charge on any atom is -0.351 e. The Labute approximate surface area is 286 Å². The van der Waals surface area contributed by atoms with Crippen molar-refractivity contribution < 1.29 is 24.2 Å². The number of nitrogens with zero attached hydrogens (tertiary/aromatic N) is 7. The molecule has 0 aliphatic carbocycles. The molecule has 3 rings (SSSR count). The summed E-state index contributed by atoms with van der Waals surface area (Å²) in [5, 5.41) is 30.1. The van der Waals surface area contributed by atoms with Crippen LogP contribution in [-0.2, 0) is 20.6 Å². The summed E-state index contributed by atoms with van der Waals surface area (Å²) in [6.45, 7) is 7.46. The van der Waals surface area contributed by atoms with Gasteiger partial charge in [0, 0.05) is 52.1 Å². The number of carbonyl (C=O) groups is 3. The van der Waals surface area contributed by atoms with Crippen LogP contribution in [-0.4, -0.2) is 105 Å². The van der Waals surface area contributed by atoms with E-state index in [2.05, 4.69) is 29.8 Å². The van der Waals surface area contributed by atoms with Crippen LogP contribution in [0.3, 0.4) is 0 Å². The number of rotatable bonds is 17. The van der Waals surface area contributed by atoms with E-state index < -0.39 is 15.8 Å². The number of aryl methyl sites for hydroxylation is 3. The highest BCUT2D eigenvalue weighted by Crippen LogP contribution is 2.21. The second-order valence-electron chi connectivity index (χ2n) is 12.7. The molecule has 3 N–H and O–H groups in total. The Hall–Kier alpha value is -5.03. The molecule has 0 unspecified atom stereocenters. The molecule has 0 aromatic carbocycles. The molecule has 0 saturated carbocycles. The maximum atomic E-state index is 12.8. The van der Waals surface area contributed by atoms with Gasteiger partial charge in [0.15, 0.2) is 0 Å². The van der Waals surface area contributed by atoms with E-state index in [9.17, 15) is 34.6 Å². The zero-order valence-electron chi connectivity index (χ0n) is 29.7. The summed E-state index contributed by atoms with van der Waals surface area (Å²) in [4.78, 5) is 61.8. The lowest BCUT2D eigenvalue weighted by Crippen LogP contribution is -2.28. The number of amides is 3. The van der Waals surface area contributed by atoms with E-state index in [4.69, 9.17) is 0 Å². The molecule has 0 aliphatic heterocycles. The van der Waals surface area contributed by atoms with Crippen LogP contribution in [0.5, 0.6) is 0 Å². The van der Waals surface area contributed by atoms with Crippen molar-refractivity contribution in [3.8, 4) is 0 Å². The first-order chi connectivity index (χ1) is 23.0. The molecule has 0 atom stereocenters. The van der Waals surface area contributed by atoms with Crippen molar-refractivity contribution in [1.82, 2.24) is 34.1 Å². The van der Waals surface area contributed by atoms with Gasteiger partial charge in [-0.3, -0.25) is 34.6 Å². The summed E-state index contributed by atoms with van der Waals surface area (Å²) < 4.78 is 4.70. The molecule has 49 heavy (non-hydrogen) atoms. The Kier molecular flexibility index (Phi) is 15.6. The second kappa shape index (κ2) is 19.1. The zero-order valence-corrected chi connectivity index (χ0v) is 29.7. The normalized spacial score (nSPS) is 11.0. The third-order valence-corrected chi connectivity index (χ3v) is 7.34. The maximum absolute atomic E-state index is 12.8. The highest BCUT2D eigenvalue weighted by molar-refractivity contribution is 6.04. The molecule has 3 amide bonds. The summed E-state index contributed by atoms with van der Waals surface area (Å²) in [6.07, 6.45) is 6.81. The van der Waals surface area contributed by atoms with Gasteiger partial charge in [-0.05, 0) is 72.5 Å². The summed E-state index contributed by atoms with van der Waals surface area (Å²) in [5.41, 5.74) is 1.18. The monoisotopic (exact) mass is 686 g/mol. The van der Waals surface area contributed by atoms with Gasteiger partial charge >= 0.3 is 0 Å². The van der Waals surface area contributed by atoms with Crippen molar-refractivity contribution in [3.63, 3.8) is 0 Å². The molecule has 0 spiro atoms. The standard InChI is InChI=1S/C21H32N6O4.C11H18N4O3/c1-15(2)7-10-26-14-17(27(30)31)12-19(26)21(29)23-16-11-18(25(5)13-16)20(28)22-8-6-9-24(3)4;1-13(2)6-4-5-12-11(16)10-7-9(15(17)18)8-14(10)3/h11-15H,6-10H2,1-5H3,(H,22,28)(H,23,29);7-8H,4-6H2,1-3H3,(H,12,16). The van der Waals surface area contributed by atoms with Crippen molar-refractivity contribution in [2.75, 3.05) is 59.7 Å². The molecule has 0 aliphatic rings. The molecule has 3 aromatic rings. The van der Waals surface area contributed by atoms with Crippen molar-refractivity contribution in [2.45, 2.75) is 39.7 Å². The molecule has 3 heterocycles. The molecule has 17 heteroatoms. The Morgan fingerprint density at radius 3 is 1.67 bits per heavy atom. The molecular formula is C32H50N10O7. The van der Waals surface area contributed by atoms with Crippen LogP contribution in [0, 0.1) is 26.1 Å². The fraction of sp³-hybridized carbons (Fsp3) is 0.531. The van der Waals surface area contributed by atoms with Crippen molar-refractivity contribution >= 4 is 34.8 Å². The van der Waals surface area contributed by atoms with Gasteiger partial charge in [-0.2, -0.15) is 0 Å². The van der Waals surface area contributed by atoms with Crippen molar-refractivity contribution in [3.05, 3.63) is 74.1 Å². The first-order valence-corrected chi connectivity index (χ1v) is 16.0. The highest BCUT2D eigenvalue weighted by Gasteiger charge is 2.21. The van der Waals surface area contributed by atoms with Crippen LogP contribution in [0.1, 0.15) is 64.6 Å². The van der Waals surface area contributed by atoms with E-state index in [1.807, 2.05) is 38.0 Å². The number of anilines is 1. The number of hydrogen-bond acceptors (Lipinski definition) is 9. The quantitative estimate of drug-likeness (QED) is 0.108. The summed E-state index contributed by atoms with van der Waals surface area (Å²) >= 11 is 0. The largest absolute Gasteiger partial charge is 0.351 e. The third kappa shape index (κ3) is 13.2. The lowest BCUT2D eigenvalue weighted by Gasteiger charge is -2.10. The minimum absolute atomic E-state index is 0.0732. The van der Waals surface area contributed by atoms with Gasteiger partial charge in [0.05, 0.1) is 27.9 Å². The van der Waals surface area contributed by atoms with E-state index in [1.54, 1.807) is 35.5 Å². The second-order valence-corrected chi connectivity index (χ2v) is 12.7. The molecule has 0 saturated heterocycles. The summed E-state index contributed by atoms with van der Waals surface area (Å²) in [6, 6.07) is 4.15. The van der Waals surface area contributed by atoms with Gasteiger partial charge in [-0.25, -0.2) is 0 Å². The summed E-state index contributed by atoms with van der Waals surface area (Å²) in [7, 11) is 11.2. The Morgan fingerprint density at radius 2 is 1.20 bits per heavy atom. The number of nitrogens with one attached hydrogen (secondary N) is 3. The van der Waals surface area contributed by atoms with E-state index in [0.717, 1.165) is 32.4 Å². The minimum atomic E-state index is -0.511. The van der Waals surface area contributed by atoms with Crippen LogP contribution < -0.4 is 16.0 Å². The van der Waals surface area contributed by atoms with Crippen molar-refractivity contribution in [1.29, 1.82) is 0 Å². The van der Waals surface area contributed by atoms with Gasteiger partial charge in [0.2, 0.25) is 0 Å². The van der Waals surface area contributed by atoms with Crippen LogP contribution in [0.25, 0.3) is 0 Å². The average molecular weight is 687 g/mol. The molecule has 17 nitrogen and oxygen atoms in total. The van der Waals surface area contributed by atoms with Gasteiger partial charge in [0.1, 0.15) is 17.1 Å². The Balaban J connectivity index is 0.000000393. The molecular weight excluding hydrogens is 636 g/mol. The van der Waals surface area contributed by atoms with Gasteiger partial charge < -0.3 is 39.5 Å². The number of hydrogen-bond donors (Lipinski definition) is 3. The molecule has 0 radical (unpaired) electrons. The van der Waals surface area contributed by atoms with E-state index in [0.29, 0.717) is 42.6 Å². The smallest absolute Gasteiger partial charge is 0.287 e. The topological polar surface area (TPSA) is 195 Å². The molecule has 270 valence electrons. The van der Waals surface area contributed by atoms with Crippen molar-refractivity contribution in [2.24, 2.45) is 20.0 Å².